The highest BCUT2D eigenvalue weighted by Crippen LogP contribution is 2.53. The third-order valence-corrected chi connectivity index (χ3v) is 19.5. The van der Waals surface area contributed by atoms with Crippen molar-refractivity contribution in [1.82, 2.24) is 0 Å². The minimum atomic E-state index is -0.284. The summed E-state index contributed by atoms with van der Waals surface area (Å²) in [6, 6.07) is 124. The zero-order valence-corrected chi connectivity index (χ0v) is 51.7. The van der Waals surface area contributed by atoms with Crippen molar-refractivity contribution in [2.24, 2.45) is 0 Å². The molecule has 5 aliphatic heterocycles. The van der Waals surface area contributed by atoms with Gasteiger partial charge in [0.25, 0.3) is 13.4 Å². The van der Waals surface area contributed by atoms with Gasteiger partial charge in [0.1, 0.15) is 11.5 Å². The molecule has 14 aromatic rings. The van der Waals surface area contributed by atoms with E-state index in [1.54, 1.807) is 0 Å². The predicted octanol–water partition coefficient (Wildman–Crippen LogP) is 19.1. The minimum Gasteiger partial charge on any atom is -0.458 e. The highest BCUT2D eigenvalue weighted by Gasteiger charge is 2.49. The maximum Gasteiger partial charge on any atom is 0.256 e. The van der Waals surface area contributed by atoms with Gasteiger partial charge in [-0.1, -0.05) is 200 Å². The van der Waals surface area contributed by atoms with E-state index in [0.717, 1.165) is 136 Å². The van der Waals surface area contributed by atoms with Gasteiger partial charge in [-0.05, 0) is 184 Å². The fraction of sp³-hybridized carbons (Fsp3) is 0. The summed E-state index contributed by atoms with van der Waals surface area (Å²) >= 11 is 0. The van der Waals surface area contributed by atoms with E-state index in [-0.39, 0.29) is 13.4 Å². The van der Waals surface area contributed by atoms with Crippen LogP contribution < -0.4 is 66.9 Å². The average Bonchev–Trinajstić information content (AvgIpc) is 0.773. The molecular weight excluding hydrogens is 1150 g/mol. The second kappa shape index (κ2) is 22.2. The summed E-state index contributed by atoms with van der Waals surface area (Å²) in [6.07, 6.45) is 4.56. The monoisotopic (exact) mass is 1210 g/mol. The Morgan fingerprint density at radius 2 is 0.621 bits per heavy atom. The number of para-hydroxylation sites is 10. The lowest BCUT2D eigenvalue weighted by Gasteiger charge is -2.47. The first-order chi connectivity index (χ1) is 47.2. The molecular formula is C86H58B2N6O. The van der Waals surface area contributed by atoms with Crippen molar-refractivity contribution in [3.05, 3.63) is 351 Å². The molecule has 0 saturated carbocycles. The average molecular weight is 1210 g/mol. The predicted molar refractivity (Wildman–Crippen MR) is 399 cm³/mol. The third kappa shape index (κ3) is 8.70. The lowest BCUT2D eigenvalue weighted by atomic mass is 9.30. The van der Waals surface area contributed by atoms with E-state index in [0.29, 0.717) is 0 Å². The Balaban J connectivity index is 0.928. The molecule has 5 aliphatic rings. The number of nitrogens with zero attached hydrogens (tertiary/aromatic N) is 6. The van der Waals surface area contributed by atoms with Crippen LogP contribution in [0.5, 0.6) is 11.5 Å². The van der Waals surface area contributed by atoms with Crippen molar-refractivity contribution in [2.45, 2.75) is 0 Å². The fourth-order valence-electron chi connectivity index (χ4n) is 15.6. The van der Waals surface area contributed by atoms with Gasteiger partial charge in [0, 0.05) is 91.3 Å². The van der Waals surface area contributed by atoms with Crippen LogP contribution in [-0.2, 0) is 0 Å². The van der Waals surface area contributed by atoms with Crippen LogP contribution in [0.3, 0.4) is 0 Å². The molecule has 0 bridgehead atoms. The van der Waals surface area contributed by atoms with Crippen LogP contribution in [-0.4, -0.2) is 13.4 Å². The van der Waals surface area contributed by atoms with Gasteiger partial charge in [-0.25, -0.2) is 0 Å². The molecule has 0 spiro atoms. The second-order valence-electron chi connectivity index (χ2n) is 24.8. The van der Waals surface area contributed by atoms with Crippen molar-refractivity contribution in [1.29, 1.82) is 0 Å². The van der Waals surface area contributed by atoms with E-state index in [9.17, 15) is 0 Å². The van der Waals surface area contributed by atoms with Crippen LogP contribution >= 0.6 is 0 Å². The molecule has 0 amide bonds. The zero-order valence-electron chi connectivity index (χ0n) is 51.7. The Labute approximate surface area is 554 Å². The molecule has 0 radical (unpaired) electrons. The van der Waals surface area contributed by atoms with Gasteiger partial charge in [0.05, 0.1) is 22.7 Å². The molecule has 0 N–H and O–H groups in total. The van der Waals surface area contributed by atoms with Gasteiger partial charge < -0.3 is 34.1 Å². The molecule has 0 unspecified atom stereocenters. The maximum atomic E-state index is 7.87. The molecule has 7 nitrogen and oxygen atoms in total. The fourth-order valence-corrected chi connectivity index (χ4v) is 15.6. The molecule has 0 atom stereocenters. The minimum absolute atomic E-state index is 0.196. The topological polar surface area (TPSA) is 28.7 Å². The van der Waals surface area contributed by atoms with Crippen molar-refractivity contribution in [3.63, 3.8) is 0 Å². The molecule has 5 heterocycles. The van der Waals surface area contributed by atoms with Gasteiger partial charge in [0.2, 0.25) is 0 Å². The molecule has 0 aliphatic carbocycles. The van der Waals surface area contributed by atoms with Gasteiger partial charge in [-0.3, -0.25) is 0 Å². The van der Waals surface area contributed by atoms with Crippen LogP contribution in [0.25, 0.3) is 12.2 Å². The molecule has 19 rings (SSSR count). The number of ether oxygens (including phenoxy) is 1. The first kappa shape index (κ1) is 54.3. The van der Waals surface area contributed by atoms with Crippen LogP contribution in [0.2, 0.25) is 0 Å². The zero-order chi connectivity index (χ0) is 62.5. The number of hydrogen-bond donors (Lipinski definition) is 0. The van der Waals surface area contributed by atoms with E-state index < -0.39 is 0 Å². The largest absolute Gasteiger partial charge is 0.458 e. The van der Waals surface area contributed by atoms with Gasteiger partial charge >= 0.3 is 0 Å². The number of anilines is 18. The van der Waals surface area contributed by atoms with Crippen molar-refractivity contribution >= 4 is 161 Å². The quantitative estimate of drug-likeness (QED) is 0.126. The Morgan fingerprint density at radius 1 is 0.242 bits per heavy atom. The first-order valence-corrected chi connectivity index (χ1v) is 32.6. The van der Waals surface area contributed by atoms with E-state index in [1.807, 2.05) is 0 Å². The van der Waals surface area contributed by atoms with Crippen LogP contribution in [0, 0.1) is 0 Å². The Morgan fingerprint density at radius 3 is 1.11 bits per heavy atom. The maximum absolute atomic E-state index is 7.87. The third-order valence-electron chi connectivity index (χ3n) is 19.5. The highest BCUT2D eigenvalue weighted by molar-refractivity contribution is 7.02. The summed E-state index contributed by atoms with van der Waals surface area (Å²) in [5.41, 5.74) is 28.5. The number of hydrogen-bond acceptors (Lipinski definition) is 7. The van der Waals surface area contributed by atoms with E-state index >= 15 is 0 Å². The molecule has 0 fully saturated rings. The lowest BCUT2D eigenvalue weighted by Crippen LogP contribution is -2.64. The summed E-state index contributed by atoms with van der Waals surface area (Å²) in [6.45, 7) is -0.480. The van der Waals surface area contributed by atoms with Gasteiger partial charge in [-0.2, -0.15) is 0 Å². The Hall–Kier alpha value is -12.5. The summed E-state index contributed by atoms with van der Waals surface area (Å²) in [7, 11) is 0. The molecule has 0 saturated heterocycles. The number of fused-ring (bicyclic) bond motifs is 11. The normalized spacial score (nSPS) is 13.2. The molecule has 9 heteroatoms. The second-order valence-corrected chi connectivity index (χ2v) is 24.8. The van der Waals surface area contributed by atoms with Gasteiger partial charge in [-0.15, -0.1) is 0 Å². The van der Waals surface area contributed by atoms with E-state index in [1.165, 1.54) is 21.9 Å². The van der Waals surface area contributed by atoms with E-state index in [4.69, 9.17) is 4.74 Å². The summed E-state index contributed by atoms with van der Waals surface area (Å²) in [4.78, 5) is 14.8. The summed E-state index contributed by atoms with van der Waals surface area (Å²) in [5, 5.41) is 0. The number of rotatable bonds is 10. The van der Waals surface area contributed by atoms with Gasteiger partial charge in [0.15, 0.2) is 0 Å². The van der Waals surface area contributed by atoms with Crippen molar-refractivity contribution in [3.8, 4) is 11.5 Å². The van der Waals surface area contributed by atoms with Crippen LogP contribution in [0.4, 0.5) is 102 Å². The first-order valence-electron chi connectivity index (χ1n) is 32.6. The summed E-state index contributed by atoms with van der Waals surface area (Å²) in [5.74, 6) is 1.64. The number of benzene rings is 14. The molecule has 95 heavy (non-hydrogen) atoms. The SMILES string of the molecule is C1=Cc2c(ccc3c2Oc2cc(N(c4ccccc4)c4ccccc4)cc4c2B3c2cc3c(cc2N4c2ccccc2)N(c2ccccc2)c2cc(N(c4ccccc4)c4ccccc4)cc4c2B3c2ccccc2N4c2ccccc2)N(c2ccccc2)c2ccccc21. The molecule has 0 aromatic heterocycles. The lowest BCUT2D eigenvalue weighted by molar-refractivity contribution is 0.486. The van der Waals surface area contributed by atoms with E-state index in [2.05, 4.69) is 381 Å². The Kier molecular flexibility index (Phi) is 12.7. The van der Waals surface area contributed by atoms with Crippen LogP contribution in [0.1, 0.15) is 11.1 Å². The van der Waals surface area contributed by atoms with Crippen molar-refractivity contribution in [2.75, 3.05) is 29.4 Å². The van der Waals surface area contributed by atoms with Crippen LogP contribution in [0.15, 0.2) is 340 Å². The standard InChI is InChI=1S/C86H58B2N6O/c1-9-30-60(31-10-1)89(61-32-11-2-12-33-61)68-53-80-84-81(54-68)93(66-42-21-7-22-43-66)78-58-79-74(57-73(78)87(84)71-46-26-28-48-77(71)92(80)65-40-19-6-20-41-65)88-72-51-52-76-70(50-49-59-29-25-27-47-75(59)91(76)64-38-17-5-18-39-64)86(72)95-83-56-69(55-82(85(83)88)94(79)67-44-23-8-24-45-67)90(62-34-13-3-14-35-62)63-36-15-4-16-37-63/h1-58H. The molecule has 14 aromatic carbocycles. The molecule has 444 valence electrons. The Bertz CT molecular complexity index is 5240. The smallest absolute Gasteiger partial charge is 0.256 e. The van der Waals surface area contributed by atoms with Crippen molar-refractivity contribution < 1.29 is 4.74 Å². The summed E-state index contributed by atoms with van der Waals surface area (Å²) < 4.78 is 7.87. The highest BCUT2D eigenvalue weighted by atomic mass is 16.5.